The van der Waals surface area contributed by atoms with E-state index in [9.17, 15) is 4.79 Å². The third-order valence-corrected chi connectivity index (χ3v) is 6.45. The van der Waals surface area contributed by atoms with Gasteiger partial charge in [0.1, 0.15) is 11.4 Å². The molecule has 4 rings (SSSR count). The second kappa shape index (κ2) is 8.12. The molecule has 1 aliphatic heterocycles. The van der Waals surface area contributed by atoms with E-state index in [1.54, 1.807) is 6.20 Å². The Kier molecular flexibility index (Phi) is 5.61. The Morgan fingerprint density at radius 3 is 2.25 bits per heavy atom. The van der Waals surface area contributed by atoms with Crippen LogP contribution in [-0.4, -0.2) is 15.7 Å². The Morgan fingerprint density at radius 1 is 1.00 bits per heavy atom. The number of fused-ring (bicyclic) bond motifs is 1. The van der Waals surface area contributed by atoms with Crippen LogP contribution in [0.15, 0.2) is 60.8 Å². The summed E-state index contributed by atoms with van der Waals surface area (Å²) in [6, 6.07) is 19.3. The van der Waals surface area contributed by atoms with E-state index in [-0.39, 0.29) is 23.4 Å². The number of hydrogen-bond donors (Lipinski definition) is 2. The molecule has 2 aromatic carbocycles. The Bertz CT molecular complexity index is 1090. The minimum Gasteiger partial charge on any atom is -0.363 e. The summed E-state index contributed by atoms with van der Waals surface area (Å²) in [7, 11) is 0. The first-order chi connectivity index (χ1) is 15.1. The van der Waals surface area contributed by atoms with Crippen molar-refractivity contribution < 1.29 is 4.79 Å². The van der Waals surface area contributed by atoms with Gasteiger partial charge in [-0.15, -0.1) is 0 Å². The molecule has 1 aliphatic rings. The molecule has 0 spiro atoms. The normalized spacial score (nSPS) is 18.6. The van der Waals surface area contributed by atoms with Crippen LogP contribution in [0.2, 0.25) is 0 Å². The summed E-state index contributed by atoms with van der Waals surface area (Å²) in [6.07, 6.45) is 2.60. The van der Waals surface area contributed by atoms with Gasteiger partial charge in [0, 0.05) is 0 Å². The van der Waals surface area contributed by atoms with Gasteiger partial charge >= 0.3 is 0 Å². The zero-order chi connectivity index (χ0) is 23.1. The van der Waals surface area contributed by atoms with Gasteiger partial charge in [-0.25, -0.2) is 4.68 Å². The third kappa shape index (κ3) is 4.29. The van der Waals surface area contributed by atoms with Gasteiger partial charge in [0.05, 0.1) is 23.8 Å². The summed E-state index contributed by atoms with van der Waals surface area (Å²) in [6.45, 7) is 12.8. The lowest BCUT2D eigenvalue weighted by Crippen LogP contribution is -2.41. The van der Waals surface area contributed by atoms with E-state index in [1.165, 1.54) is 11.1 Å². The van der Waals surface area contributed by atoms with Crippen molar-refractivity contribution in [3.63, 3.8) is 0 Å². The number of carbonyl (C=O) groups excluding carboxylic acids is 1. The van der Waals surface area contributed by atoms with Gasteiger partial charge in [0.25, 0.3) is 5.91 Å². The van der Waals surface area contributed by atoms with Gasteiger partial charge in [-0.1, -0.05) is 75.4 Å². The number of aromatic nitrogens is 2. The standard InChI is InChI=1S/C27H34N4O/c1-18-16-23(19-10-8-7-9-11-19)29-24-22(17-28-31(18)24)25(32)30-27(5,6)21-14-12-20(13-15-21)26(2,3)4/h7-15,17-18,23,29H,16H2,1-6H3,(H,30,32). The minimum absolute atomic E-state index is 0.0980. The number of rotatable bonds is 4. The van der Waals surface area contributed by atoms with E-state index in [4.69, 9.17) is 0 Å². The van der Waals surface area contributed by atoms with Gasteiger partial charge in [-0.3, -0.25) is 4.79 Å². The van der Waals surface area contributed by atoms with Crippen LogP contribution in [0, 0.1) is 0 Å². The van der Waals surface area contributed by atoms with Crippen LogP contribution in [0.25, 0.3) is 0 Å². The molecule has 1 aromatic heterocycles. The summed E-state index contributed by atoms with van der Waals surface area (Å²) < 4.78 is 1.93. The molecule has 32 heavy (non-hydrogen) atoms. The molecule has 0 bridgehead atoms. The van der Waals surface area contributed by atoms with E-state index in [2.05, 4.69) is 92.0 Å². The minimum atomic E-state index is -0.512. The zero-order valence-electron chi connectivity index (χ0n) is 19.9. The smallest absolute Gasteiger partial charge is 0.257 e. The summed E-state index contributed by atoms with van der Waals surface area (Å²) in [4.78, 5) is 13.3. The summed E-state index contributed by atoms with van der Waals surface area (Å²) in [5.74, 6) is 0.665. The van der Waals surface area contributed by atoms with Crippen LogP contribution >= 0.6 is 0 Å². The van der Waals surface area contributed by atoms with Crippen LogP contribution in [0.4, 0.5) is 5.82 Å². The molecule has 0 saturated carbocycles. The summed E-state index contributed by atoms with van der Waals surface area (Å²) in [5.41, 5.74) is 3.74. The molecule has 2 atom stereocenters. The molecule has 2 heterocycles. The summed E-state index contributed by atoms with van der Waals surface area (Å²) >= 11 is 0. The zero-order valence-corrected chi connectivity index (χ0v) is 19.9. The number of hydrogen-bond acceptors (Lipinski definition) is 3. The molecule has 0 radical (unpaired) electrons. The van der Waals surface area contributed by atoms with Gasteiger partial charge in [0.15, 0.2) is 0 Å². The lowest BCUT2D eigenvalue weighted by molar-refractivity contribution is 0.0912. The van der Waals surface area contributed by atoms with Gasteiger partial charge in [-0.05, 0) is 49.3 Å². The number of benzene rings is 2. The number of anilines is 1. The van der Waals surface area contributed by atoms with Crippen molar-refractivity contribution in [2.75, 3.05) is 5.32 Å². The fraction of sp³-hybridized carbons (Fsp3) is 0.407. The van der Waals surface area contributed by atoms with Crippen molar-refractivity contribution in [1.29, 1.82) is 0 Å². The van der Waals surface area contributed by atoms with Gasteiger partial charge in [-0.2, -0.15) is 5.10 Å². The Balaban J connectivity index is 1.56. The van der Waals surface area contributed by atoms with E-state index >= 15 is 0 Å². The highest BCUT2D eigenvalue weighted by atomic mass is 16.1. The highest BCUT2D eigenvalue weighted by Gasteiger charge is 2.32. The molecule has 2 N–H and O–H groups in total. The largest absolute Gasteiger partial charge is 0.363 e. The highest BCUT2D eigenvalue weighted by Crippen LogP contribution is 2.36. The number of amides is 1. The quantitative estimate of drug-likeness (QED) is 0.537. The molecule has 5 nitrogen and oxygen atoms in total. The number of nitrogens with one attached hydrogen (secondary N) is 2. The van der Waals surface area contributed by atoms with E-state index in [0.29, 0.717) is 5.56 Å². The predicted octanol–water partition coefficient (Wildman–Crippen LogP) is 5.96. The van der Waals surface area contributed by atoms with E-state index < -0.39 is 5.54 Å². The molecule has 0 saturated heterocycles. The fourth-order valence-corrected chi connectivity index (χ4v) is 4.39. The van der Waals surface area contributed by atoms with Crippen molar-refractivity contribution in [3.05, 3.63) is 83.0 Å². The maximum Gasteiger partial charge on any atom is 0.257 e. The lowest BCUT2D eigenvalue weighted by atomic mass is 9.84. The maximum absolute atomic E-state index is 13.3. The average Bonchev–Trinajstić information content (AvgIpc) is 3.18. The maximum atomic E-state index is 13.3. The van der Waals surface area contributed by atoms with Crippen LogP contribution in [-0.2, 0) is 11.0 Å². The van der Waals surface area contributed by atoms with Crippen LogP contribution < -0.4 is 10.6 Å². The van der Waals surface area contributed by atoms with E-state index in [1.807, 2.05) is 24.6 Å². The van der Waals surface area contributed by atoms with Crippen molar-refractivity contribution >= 4 is 11.7 Å². The fourth-order valence-electron chi connectivity index (χ4n) is 4.39. The van der Waals surface area contributed by atoms with Crippen molar-refractivity contribution in [2.45, 2.75) is 71.0 Å². The molecule has 0 aliphatic carbocycles. The monoisotopic (exact) mass is 430 g/mol. The Labute approximate surface area is 191 Å². The lowest BCUT2D eigenvalue weighted by Gasteiger charge is -2.32. The van der Waals surface area contributed by atoms with Crippen LogP contribution in [0.3, 0.4) is 0 Å². The topological polar surface area (TPSA) is 59.0 Å². The Hall–Kier alpha value is -3.08. The molecule has 2 unspecified atom stereocenters. The second-order valence-corrected chi connectivity index (χ2v) is 10.5. The molecule has 3 aromatic rings. The number of carbonyl (C=O) groups is 1. The molecule has 168 valence electrons. The van der Waals surface area contributed by atoms with Crippen LogP contribution in [0.5, 0.6) is 0 Å². The average molecular weight is 431 g/mol. The van der Waals surface area contributed by atoms with Crippen molar-refractivity contribution in [3.8, 4) is 0 Å². The van der Waals surface area contributed by atoms with Gasteiger partial charge < -0.3 is 10.6 Å². The predicted molar refractivity (Wildman–Crippen MR) is 130 cm³/mol. The first kappa shape index (κ1) is 22.1. The SMILES string of the molecule is CC1CC(c2ccccc2)Nc2c(C(=O)NC(C)(C)c3ccc(C(C)(C)C)cc3)cnn21. The van der Waals surface area contributed by atoms with Crippen molar-refractivity contribution in [2.24, 2.45) is 0 Å². The molecular weight excluding hydrogens is 396 g/mol. The van der Waals surface area contributed by atoms with Gasteiger partial charge in [0.2, 0.25) is 0 Å². The molecule has 1 amide bonds. The van der Waals surface area contributed by atoms with Crippen LogP contribution in [0.1, 0.15) is 87.1 Å². The molecule has 0 fully saturated rings. The highest BCUT2D eigenvalue weighted by molar-refractivity contribution is 5.99. The first-order valence-electron chi connectivity index (χ1n) is 11.4. The van der Waals surface area contributed by atoms with Crippen molar-refractivity contribution in [1.82, 2.24) is 15.1 Å². The first-order valence-corrected chi connectivity index (χ1v) is 11.4. The molecular formula is C27H34N4O. The third-order valence-electron chi connectivity index (χ3n) is 6.45. The van der Waals surface area contributed by atoms with E-state index in [0.717, 1.165) is 17.8 Å². The molecule has 5 heteroatoms. The number of nitrogens with zero attached hydrogens (tertiary/aromatic N) is 2. The Morgan fingerprint density at radius 2 is 1.62 bits per heavy atom. The summed E-state index contributed by atoms with van der Waals surface area (Å²) in [5, 5.41) is 11.3. The second-order valence-electron chi connectivity index (χ2n) is 10.5.